The molecule has 0 radical (unpaired) electrons. The van der Waals surface area contributed by atoms with Crippen LogP contribution in [-0.2, 0) is 4.79 Å². The van der Waals surface area contributed by atoms with Gasteiger partial charge in [-0.05, 0) is 50.2 Å². The number of carbonyl (C=O) groups excluding carboxylic acids is 2. The first-order valence-electron chi connectivity index (χ1n) is 7.48. The molecule has 0 aliphatic rings. The Morgan fingerprint density at radius 3 is 2.58 bits per heavy atom. The summed E-state index contributed by atoms with van der Waals surface area (Å²) in [5.74, 6) is 0.207. The molecule has 24 heavy (non-hydrogen) atoms. The number of hydrogen-bond donors (Lipinski definition) is 2. The number of ether oxygens (including phenoxy) is 1. The van der Waals surface area contributed by atoms with Gasteiger partial charge in [0.05, 0.1) is 19.3 Å². The van der Waals surface area contributed by atoms with Crippen LogP contribution in [0, 0.1) is 0 Å². The number of rotatable bonds is 7. The highest BCUT2D eigenvalue weighted by Gasteiger charge is 2.08. The minimum Gasteiger partial charge on any atom is -0.494 e. The molecule has 0 saturated carbocycles. The second-order valence-corrected chi connectivity index (χ2v) is 4.95. The molecule has 1 aromatic heterocycles. The van der Waals surface area contributed by atoms with Gasteiger partial charge in [0, 0.05) is 11.4 Å². The Balaban J connectivity index is 1.82. The lowest BCUT2D eigenvalue weighted by Gasteiger charge is -2.07. The molecular formula is C17H19N3O4. The van der Waals surface area contributed by atoms with Crippen molar-refractivity contribution < 1.29 is 18.7 Å². The molecule has 7 heteroatoms. The fourth-order valence-electron chi connectivity index (χ4n) is 1.89. The molecule has 1 aromatic carbocycles. The van der Waals surface area contributed by atoms with Gasteiger partial charge in [0.1, 0.15) is 5.75 Å². The Labute approximate surface area is 139 Å². The van der Waals surface area contributed by atoms with Crippen LogP contribution >= 0.6 is 0 Å². The van der Waals surface area contributed by atoms with E-state index in [-0.39, 0.29) is 18.1 Å². The van der Waals surface area contributed by atoms with Crippen molar-refractivity contribution in [2.45, 2.75) is 20.3 Å². The van der Waals surface area contributed by atoms with Crippen molar-refractivity contribution in [1.82, 2.24) is 5.43 Å². The Morgan fingerprint density at radius 1 is 1.21 bits per heavy atom. The monoisotopic (exact) mass is 329 g/mol. The molecule has 2 amide bonds. The molecule has 0 unspecified atom stereocenters. The largest absolute Gasteiger partial charge is 0.494 e. The van der Waals surface area contributed by atoms with Crippen LogP contribution in [0.5, 0.6) is 5.75 Å². The van der Waals surface area contributed by atoms with Crippen molar-refractivity contribution in [3.8, 4) is 5.75 Å². The average molecular weight is 329 g/mol. The molecule has 126 valence electrons. The highest BCUT2D eigenvalue weighted by Crippen LogP contribution is 2.15. The molecule has 0 atom stereocenters. The topological polar surface area (TPSA) is 92.9 Å². The summed E-state index contributed by atoms with van der Waals surface area (Å²) >= 11 is 0. The van der Waals surface area contributed by atoms with Crippen molar-refractivity contribution in [1.29, 1.82) is 0 Å². The van der Waals surface area contributed by atoms with Gasteiger partial charge in [0.2, 0.25) is 5.91 Å². The SMILES string of the molecule is CCOc1ccc(NC(=O)CC(C)=NNC(=O)c2ccco2)cc1. The van der Waals surface area contributed by atoms with E-state index in [0.717, 1.165) is 5.75 Å². The van der Waals surface area contributed by atoms with Crippen molar-refractivity contribution >= 4 is 23.2 Å². The molecule has 0 spiro atoms. The van der Waals surface area contributed by atoms with Gasteiger partial charge in [-0.15, -0.1) is 0 Å². The van der Waals surface area contributed by atoms with E-state index in [9.17, 15) is 9.59 Å². The van der Waals surface area contributed by atoms with Gasteiger partial charge in [-0.25, -0.2) is 5.43 Å². The smallest absolute Gasteiger partial charge is 0.307 e. The van der Waals surface area contributed by atoms with Crippen LogP contribution < -0.4 is 15.5 Å². The van der Waals surface area contributed by atoms with Gasteiger partial charge in [0.15, 0.2) is 5.76 Å². The zero-order valence-electron chi connectivity index (χ0n) is 13.5. The summed E-state index contributed by atoms with van der Waals surface area (Å²) in [4.78, 5) is 23.6. The molecule has 0 bridgehead atoms. The third-order valence-corrected chi connectivity index (χ3v) is 2.96. The molecule has 7 nitrogen and oxygen atoms in total. The second kappa shape index (κ2) is 8.52. The summed E-state index contributed by atoms with van der Waals surface area (Å²) in [5.41, 5.74) is 3.47. The lowest BCUT2D eigenvalue weighted by molar-refractivity contribution is -0.115. The zero-order valence-corrected chi connectivity index (χ0v) is 13.5. The van der Waals surface area contributed by atoms with Crippen LogP contribution in [0.4, 0.5) is 5.69 Å². The summed E-state index contributed by atoms with van der Waals surface area (Å²) in [5, 5.41) is 6.63. The Kier molecular flexibility index (Phi) is 6.13. The van der Waals surface area contributed by atoms with E-state index >= 15 is 0 Å². The summed E-state index contributed by atoms with van der Waals surface area (Å²) in [6.45, 7) is 4.15. The molecule has 0 saturated heterocycles. The van der Waals surface area contributed by atoms with E-state index in [1.165, 1.54) is 12.3 Å². The maximum atomic E-state index is 12.0. The minimum atomic E-state index is -0.466. The van der Waals surface area contributed by atoms with E-state index in [1.807, 2.05) is 6.92 Å². The minimum absolute atomic E-state index is 0.0612. The van der Waals surface area contributed by atoms with E-state index in [4.69, 9.17) is 9.15 Å². The van der Waals surface area contributed by atoms with E-state index in [2.05, 4.69) is 15.8 Å². The molecule has 0 aliphatic heterocycles. The number of hydrazone groups is 1. The molecule has 0 fully saturated rings. The van der Waals surface area contributed by atoms with Crippen LogP contribution in [0.2, 0.25) is 0 Å². The van der Waals surface area contributed by atoms with Crippen molar-refractivity contribution in [2.24, 2.45) is 5.10 Å². The summed E-state index contributed by atoms with van der Waals surface area (Å²) in [7, 11) is 0. The van der Waals surface area contributed by atoms with Crippen molar-refractivity contribution in [3.05, 3.63) is 48.4 Å². The first-order valence-corrected chi connectivity index (χ1v) is 7.48. The summed E-state index contributed by atoms with van der Waals surface area (Å²) in [6, 6.07) is 10.2. The lowest BCUT2D eigenvalue weighted by atomic mass is 10.2. The van der Waals surface area contributed by atoms with Gasteiger partial charge in [0.25, 0.3) is 0 Å². The highest BCUT2D eigenvalue weighted by molar-refractivity contribution is 6.06. The number of anilines is 1. The summed E-state index contributed by atoms with van der Waals surface area (Å²) < 4.78 is 10.3. The second-order valence-electron chi connectivity index (χ2n) is 4.95. The van der Waals surface area contributed by atoms with Gasteiger partial charge < -0.3 is 14.5 Å². The molecule has 2 N–H and O–H groups in total. The number of amides is 2. The third-order valence-electron chi connectivity index (χ3n) is 2.96. The fourth-order valence-corrected chi connectivity index (χ4v) is 1.89. The number of nitrogens with zero attached hydrogens (tertiary/aromatic N) is 1. The van der Waals surface area contributed by atoms with Crippen LogP contribution in [0.1, 0.15) is 30.8 Å². The number of furan rings is 1. The van der Waals surface area contributed by atoms with Crippen molar-refractivity contribution in [2.75, 3.05) is 11.9 Å². The normalized spacial score (nSPS) is 11.0. The molecular weight excluding hydrogens is 310 g/mol. The predicted molar refractivity (Wildman–Crippen MR) is 90.1 cm³/mol. The number of hydrogen-bond acceptors (Lipinski definition) is 5. The van der Waals surface area contributed by atoms with E-state index < -0.39 is 5.91 Å². The van der Waals surface area contributed by atoms with Crippen molar-refractivity contribution in [3.63, 3.8) is 0 Å². The molecule has 2 rings (SSSR count). The Morgan fingerprint density at radius 2 is 1.96 bits per heavy atom. The predicted octanol–water partition coefficient (Wildman–Crippen LogP) is 2.81. The number of benzene rings is 1. The van der Waals surface area contributed by atoms with Gasteiger partial charge in [-0.2, -0.15) is 5.10 Å². The summed E-state index contributed by atoms with van der Waals surface area (Å²) in [6.07, 6.45) is 1.46. The Hall–Kier alpha value is -3.09. The highest BCUT2D eigenvalue weighted by atomic mass is 16.5. The van der Waals surface area contributed by atoms with Gasteiger partial charge in [-0.1, -0.05) is 0 Å². The maximum Gasteiger partial charge on any atom is 0.307 e. The zero-order chi connectivity index (χ0) is 17.4. The Bertz CT molecular complexity index is 706. The first-order chi connectivity index (χ1) is 11.6. The van der Waals surface area contributed by atoms with E-state index in [1.54, 1.807) is 37.3 Å². The molecule has 0 aliphatic carbocycles. The van der Waals surface area contributed by atoms with Gasteiger partial charge >= 0.3 is 5.91 Å². The van der Waals surface area contributed by atoms with Crippen LogP contribution in [0.3, 0.4) is 0 Å². The van der Waals surface area contributed by atoms with Crippen LogP contribution in [0.15, 0.2) is 52.2 Å². The van der Waals surface area contributed by atoms with E-state index in [0.29, 0.717) is 18.0 Å². The molecule has 1 heterocycles. The number of nitrogens with one attached hydrogen (secondary N) is 2. The fraction of sp³-hybridized carbons (Fsp3) is 0.235. The van der Waals surface area contributed by atoms with Gasteiger partial charge in [-0.3, -0.25) is 9.59 Å². The molecule has 2 aromatic rings. The lowest BCUT2D eigenvalue weighted by Crippen LogP contribution is -2.21. The standard InChI is InChI=1S/C17H19N3O4/c1-3-23-14-8-6-13(7-9-14)18-16(21)11-12(2)19-20-17(22)15-5-4-10-24-15/h4-10H,3,11H2,1-2H3,(H,18,21)(H,20,22). The third kappa shape index (κ3) is 5.28. The number of carbonyl (C=O) groups is 2. The average Bonchev–Trinajstić information content (AvgIpc) is 3.09. The quantitative estimate of drug-likeness (QED) is 0.603. The first kappa shape index (κ1) is 17.3. The van der Waals surface area contributed by atoms with Crippen LogP contribution in [0.25, 0.3) is 0 Å². The maximum absolute atomic E-state index is 12.0. The van der Waals surface area contributed by atoms with Crippen LogP contribution in [-0.4, -0.2) is 24.1 Å².